The lowest BCUT2D eigenvalue weighted by molar-refractivity contribution is -0.123. The number of carbonyl (C=O) groups is 3. The fourth-order valence-corrected chi connectivity index (χ4v) is 4.63. The molecule has 3 aromatic rings. The van der Waals surface area contributed by atoms with Crippen LogP contribution in [-0.2, 0) is 16.1 Å². The molecule has 1 N–H and O–H groups in total. The number of nitrogens with one attached hydrogen (secondary N) is 1. The predicted molar refractivity (Wildman–Crippen MR) is 141 cm³/mol. The lowest BCUT2D eigenvalue weighted by atomic mass is 10.1. The normalized spacial score (nSPS) is 14.3. The molecule has 1 aliphatic heterocycles. The number of halogens is 2. The van der Waals surface area contributed by atoms with Crippen molar-refractivity contribution in [1.82, 2.24) is 4.90 Å². The molecule has 0 unspecified atom stereocenters. The fraction of sp³-hybridized carbons (Fsp3) is 0.148. The molecule has 3 amide bonds. The first-order valence-corrected chi connectivity index (χ1v) is 12.3. The molecule has 1 aliphatic rings. The Kier molecular flexibility index (Phi) is 8.15. The molecule has 190 valence electrons. The van der Waals surface area contributed by atoms with Crippen LogP contribution in [0.4, 0.5) is 14.9 Å². The van der Waals surface area contributed by atoms with E-state index in [1.54, 1.807) is 30.3 Å². The molecule has 1 saturated heterocycles. The van der Waals surface area contributed by atoms with Gasteiger partial charge in [-0.1, -0.05) is 35.9 Å². The van der Waals surface area contributed by atoms with Gasteiger partial charge in [0.05, 0.1) is 18.6 Å². The van der Waals surface area contributed by atoms with Crippen LogP contribution >= 0.6 is 23.4 Å². The standard InChI is InChI=1S/C27H22ClFN2O5S/c1-16-4-3-5-20(10-16)30-25(32)15-36-22-9-6-17(11-23(22)35-2)12-24-26(33)31(27(34)37-24)14-18-7-8-19(29)13-21(18)28/h3-13H,14-15H2,1-2H3,(H,30,32)/b24-12+. The van der Waals surface area contributed by atoms with Gasteiger partial charge in [0.25, 0.3) is 17.1 Å². The van der Waals surface area contributed by atoms with E-state index in [2.05, 4.69) is 5.32 Å². The van der Waals surface area contributed by atoms with Crippen LogP contribution in [0.5, 0.6) is 11.5 Å². The Morgan fingerprint density at radius 3 is 2.65 bits per heavy atom. The van der Waals surface area contributed by atoms with Crippen molar-refractivity contribution in [3.8, 4) is 11.5 Å². The van der Waals surface area contributed by atoms with Gasteiger partial charge in [-0.2, -0.15) is 0 Å². The molecule has 4 rings (SSSR count). The summed E-state index contributed by atoms with van der Waals surface area (Å²) in [4.78, 5) is 38.9. The van der Waals surface area contributed by atoms with Gasteiger partial charge in [0.15, 0.2) is 18.1 Å². The molecular weight excluding hydrogens is 519 g/mol. The summed E-state index contributed by atoms with van der Waals surface area (Å²) in [6.45, 7) is 1.64. The highest BCUT2D eigenvalue weighted by Crippen LogP contribution is 2.36. The van der Waals surface area contributed by atoms with Crippen LogP contribution in [0.15, 0.2) is 65.6 Å². The molecule has 0 aliphatic carbocycles. The van der Waals surface area contributed by atoms with Crippen LogP contribution in [0, 0.1) is 12.7 Å². The van der Waals surface area contributed by atoms with Crippen LogP contribution in [0.25, 0.3) is 6.08 Å². The number of nitrogens with zero attached hydrogens (tertiary/aromatic N) is 1. The van der Waals surface area contributed by atoms with Crippen LogP contribution in [-0.4, -0.2) is 35.7 Å². The maximum Gasteiger partial charge on any atom is 0.293 e. The van der Waals surface area contributed by atoms with Crippen molar-refractivity contribution in [3.63, 3.8) is 0 Å². The molecule has 0 radical (unpaired) electrons. The Morgan fingerprint density at radius 2 is 1.92 bits per heavy atom. The maximum absolute atomic E-state index is 13.3. The molecule has 37 heavy (non-hydrogen) atoms. The first kappa shape index (κ1) is 26.2. The summed E-state index contributed by atoms with van der Waals surface area (Å²) in [5.74, 6) is -0.613. The SMILES string of the molecule is COc1cc(/C=C2/SC(=O)N(Cc3ccc(F)cc3Cl)C2=O)ccc1OCC(=O)Nc1cccc(C)c1. The van der Waals surface area contributed by atoms with E-state index < -0.39 is 17.0 Å². The zero-order chi connectivity index (χ0) is 26.5. The number of methoxy groups -OCH3 is 1. The third kappa shape index (κ3) is 6.49. The van der Waals surface area contributed by atoms with Gasteiger partial charge in [-0.3, -0.25) is 19.3 Å². The minimum absolute atomic E-state index is 0.0676. The third-order valence-electron chi connectivity index (χ3n) is 5.36. The number of thioether (sulfide) groups is 1. The molecule has 0 saturated carbocycles. The van der Waals surface area contributed by atoms with E-state index in [4.69, 9.17) is 21.1 Å². The third-order valence-corrected chi connectivity index (χ3v) is 6.62. The number of ether oxygens (including phenoxy) is 2. The quantitative estimate of drug-likeness (QED) is 0.350. The lowest BCUT2D eigenvalue weighted by Crippen LogP contribution is -2.27. The number of benzene rings is 3. The molecule has 0 atom stereocenters. The number of hydrogen-bond acceptors (Lipinski definition) is 6. The number of anilines is 1. The number of aryl methyl sites for hydroxylation is 1. The Balaban J connectivity index is 1.43. The van der Waals surface area contributed by atoms with Gasteiger partial charge in [0, 0.05) is 10.7 Å². The Hall–Kier alpha value is -3.82. The van der Waals surface area contributed by atoms with E-state index in [0.717, 1.165) is 28.3 Å². The van der Waals surface area contributed by atoms with Gasteiger partial charge in [0.2, 0.25) is 0 Å². The summed E-state index contributed by atoms with van der Waals surface area (Å²) >= 11 is 6.84. The van der Waals surface area contributed by atoms with Crippen LogP contribution < -0.4 is 14.8 Å². The first-order chi connectivity index (χ1) is 17.7. The maximum atomic E-state index is 13.3. The van der Waals surface area contributed by atoms with Crippen LogP contribution in [0.2, 0.25) is 5.02 Å². The fourth-order valence-electron chi connectivity index (χ4n) is 3.56. The lowest BCUT2D eigenvalue weighted by Gasteiger charge is -2.13. The second-order valence-electron chi connectivity index (χ2n) is 8.12. The summed E-state index contributed by atoms with van der Waals surface area (Å²) in [6.07, 6.45) is 1.56. The number of carbonyl (C=O) groups excluding carboxylic acids is 3. The summed E-state index contributed by atoms with van der Waals surface area (Å²) in [7, 11) is 1.46. The molecule has 0 aromatic heterocycles. The number of imide groups is 1. The van der Waals surface area contributed by atoms with Crippen molar-refractivity contribution in [3.05, 3.63) is 93.1 Å². The number of amides is 3. The molecular formula is C27H22ClFN2O5S. The zero-order valence-electron chi connectivity index (χ0n) is 19.9. The van der Waals surface area contributed by atoms with E-state index >= 15 is 0 Å². The van der Waals surface area contributed by atoms with Gasteiger partial charge < -0.3 is 14.8 Å². The Labute approximate surface area is 222 Å². The van der Waals surface area contributed by atoms with Gasteiger partial charge in [0.1, 0.15) is 5.82 Å². The van der Waals surface area contributed by atoms with Crippen LogP contribution in [0.3, 0.4) is 0 Å². The van der Waals surface area contributed by atoms with Crippen LogP contribution in [0.1, 0.15) is 16.7 Å². The van der Waals surface area contributed by atoms with E-state index in [9.17, 15) is 18.8 Å². The second kappa shape index (κ2) is 11.5. The van der Waals surface area contributed by atoms with E-state index in [1.165, 1.54) is 19.2 Å². The first-order valence-electron chi connectivity index (χ1n) is 11.1. The molecule has 1 heterocycles. The van der Waals surface area contributed by atoms with Gasteiger partial charge >= 0.3 is 0 Å². The predicted octanol–water partition coefficient (Wildman–Crippen LogP) is 6.05. The minimum atomic E-state index is -0.504. The Bertz CT molecular complexity index is 1410. The smallest absolute Gasteiger partial charge is 0.293 e. The molecule has 0 bridgehead atoms. The van der Waals surface area contributed by atoms with Crippen molar-refractivity contribution in [1.29, 1.82) is 0 Å². The van der Waals surface area contributed by atoms with Gasteiger partial charge in [-0.15, -0.1) is 0 Å². The molecule has 1 fully saturated rings. The van der Waals surface area contributed by atoms with Crippen molar-refractivity contribution in [2.75, 3.05) is 19.0 Å². The van der Waals surface area contributed by atoms with E-state index in [-0.39, 0.29) is 29.0 Å². The van der Waals surface area contributed by atoms with Gasteiger partial charge in [-0.25, -0.2) is 4.39 Å². The summed E-state index contributed by atoms with van der Waals surface area (Å²) in [5, 5.41) is 2.45. The summed E-state index contributed by atoms with van der Waals surface area (Å²) in [5.41, 5.74) is 2.75. The van der Waals surface area contributed by atoms with Gasteiger partial charge in [-0.05, 0) is 77.9 Å². The number of rotatable bonds is 8. The van der Waals surface area contributed by atoms with Crippen molar-refractivity contribution in [2.45, 2.75) is 13.5 Å². The molecule has 10 heteroatoms. The summed E-state index contributed by atoms with van der Waals surface area (Å²) < 4.78 is 24.3. The molecule has 7 nitrogen and oxygen atoms in total. The minimum Gasteiger partial charge on any atom is -0.493 e. The monoisotopic (exact) mass is 540 g/mol. The topological polar surface area (TPSA) is 84.9 Å². The van der Waals surface area contributed by atoms with Crippen molar-refractivity contribution >= 4 is 52.2 Å². The highest BCUT2D eigenvalue weighted by Gasteiger charge is 2.35. The second-order valence-corrected chi connectivity index (χ2v) is 9.52. The molecule has 3 aromatic carbocycles. The molecule has 0 spiro atoms. The van der Waals surface area contributed by atoms with Crippen molar-refractivity contribution < 1.29 is 28.2 Å². The largest absolute Gasteiger partial charge is 0.493 e. The average molecular weight is 541 g/mol. The number of hydrogen-bond donors (Lipinski definition) is 1. The highest BCUT2D eigenvalue weighted by molar-refractivity contribution is 8.18. The Morgan fingerprint density at radius 1 is 1.11 bits per heavy atom. The highest BCUT2D eigenvalue weighted by atomic mass is 35.5. The van der Waals surface area contributed by atoms with E-state index in [1.807, 2.05) is 25.1 Å². The van der Waals surface area contributed by atoms with Crippen molar-refractivity contribution in [2.24, 2.45) is 0 Å². The van der Waals surface area contributed by atoms with E-state index in [0.29, 0.717) is 28.3 Å². The zero-order valence-corrected chi connectivity index (χ0v) is 21.5. The summed E-state index contributed by atoms with van der Waals surface area (Å²) in [6, 6.07) is 16.1. The average Bonchev–Trinajstić information content (AvgIpc) is 3.11.